The minimum absolute atomic E-state index is 0.0750. The Kier molecular flexibility index (Phi) is 5.11. The summed E-state index contributed by atoms with van der Waals surface area (Å²) in [5.41, 5.74) is 1.39. The Hall–Kier alpha value is -1.92. The highest BCUT2D eigenvalue weighted by molar-refractivity contribution is 6.01. The molecule has 136 valence electrons. The number of fused-ring (bicyclic) bond motifs is 1. The van der Waals surface area contributed by atoms with Crippen LogP contribution in [-0.2, 0) is 0 Å². The Morgan fingerprint density at radius 1 is 1.44 bits per heavy atom. The van der Waals surface area contributed by atoms with E-state index in [2.05, 4.69) is 23.8 Å². The van der Waals surface area contributed by atoms with Crippen molar-refractivity contribution in [3.8, 4) is 5.75 Å². The van der Waals surface area contributed by atoms with Gasteiger partial charge < -0.3 is 9.84 Å². The second-order valence-corrected chi connectivity index (χ2v) is 7.45. The number of pyridine rings is 1. The van der Waals surface area contributed by atoms with E-state index in [4.69, 9.17) is 4.74 Å². The van der Waals surface area contributed by atoms with E-state index in [9.17, 15) is 9.90 Å². The van der Waals surface area contributed by atoms with Gasteiger partial charge >= 0.3 is 0 Å². The lowest BCUT2D eigenvalue weighted by Gasteiger charge is -2.41. The maximum Gasteiger partial charge on any atom is 0.166 e. The first-order valence-corrected chi connectivity index (χ1v) is 8.94. The van der Waals surface area contributed by atoms with Gasteiger partial charge in [0.1, 0.15) is 12.4 Å². The summed E-state index contributed by atoms with van der Waals surface area (Å²) in [5.74, 6) is 0.834. The van der Waals surface area contributed by atoms with Crippen LogP contribution in [0.2, 0.25) is 0 Å². The average Bonchev–Trinajstić information content (AvgIpc) is 3.00. The van der Waals surface area contributed by atoms with Crippen molar-refractivity contribution < 1.29 is 14.6 Å². The minimum atomic E-state index is -0.230. The highest BCUT2D eigenvalue weighted by Gasteiger charge is 2.34. The highest BCUT2D eigenvalue weighted by Crippen LogP contribution is 2.28. The van der Waals surface area contributed by atoms with Crippen LogP contribution in [0.25, 0.3) is 5.52 Å². The van der Waals surface area contributed by atoms with E-state index >= 15 is 0 Å². The molecule has 2 aromatic heterocycles. The number of aromatic nitrogens is 2. The summed E-state index contributed by atoms with van der Waals surface area (Å²) in [5, 5.41) is 14.3. The van der Waals surface area contributed by atoms with Crippen LogP contribution in [-0.4, -0.2) is 57.7 Å². The number of hydrogen-bond donors (Lipinski definition) is 1. The van der Waals surface area contributed by atoms with Crippen molar-refractivity contribution in [2.75, 3.05) is 26.2 Å². The second kappa shape index (κ2) is 7.14. The van der Waals surface area contributed by atoms with Gasteiger partial charge in [-0.05, 0) is 18.6 Å². The van der Waals surface area contributed by atoms with E-state index in [1.807, 2.05) is 25.3 Å². The van der Waals surface area contributed by atoms with Crippen LogP contribution in [0.4, 0.5) is 0 Å². The molecule has 0 bridgehead atoms. The van der Waals surface area contributed by atoms with Gasteiger partial charge in [-0.3, -0.25) is 9.69 Å². The molecule has 1 fully saturated rings. The van der Waals surface area contributed by atoms with Gasteiger partial charge in [-0.15, -0.1) is 0 Å². The number of aliphatic hydroxyl groups excluding tert-OH is 1. The van der Waals surface area contributed by atoms with E-state index in [-0.39, 0.29) is 17.3 Å². The zero-order chi connectivity index (χ0) is 18.0. The molecule has 2 aromatic rings. The molecule has 0 aliphatic carbocycles. The molecule has 25 heavy (non-hydrogen) atoms. The number of nitrogens with zero attached hydrogens (tertiary/aromatic N) is 3. The van der Waals surface area contributed by atoms with Crippen LogP contribution in [0.1, 0.15) is 44.0 Å². The number of likely N-dealkylation sites (tertiary alicyclic amines) is 1. The SMILES string of the molecule is CCC(=O)c1cnn2cc(OCCN3CCC(O)C(C)(C)C3)ccc12. The van der Waals surface area contributed by atoms with E-state index in [0.29, 0.717) is 18.6 Å². The Labute approximate surface area is 148 Å². The standard InChI is InChI=1S/C19H27N3O3/c1-4-17(23)15-11-20-22-12-14(5-6-16(15)22)25-10-9-21-8-7-18(24)19(2,3)13-21/h5-6,11-12,18,24H,4,7-10,13H2,1-3H3. The molecule has 1 aliphatic heterocycles. The fourth-order valence-electron chi connectivity index (χ4n) is 3.40. The highest BCUT2D eigenvalue weighted by atomic mass is 16.5. The maximum absolute atomic E-state index is 11.9. The Bertz CT molecular complexity index is 753. The number of piperidine rings is 1. The molecular weight excluding hydrogens is 318 g/mol. The summed E-state index contributed by atoms with van der Waals surface area (Å²) in [6.45, 7) is 9.24. The van der Waals surface area contributed by atoms with Crippen LogP contribution in [0.5, 0.6) is 5.75 Å². The molecule has 0 spiro atoms. The smallest absolute Gasteiger partial charge is 0.166 e. The number of Topliss-reactive ketones (excluding diaryl/α,β-unsaturated/α-hetero) is 1. The van der Waals surface area contributed by atoms with Crippen molar-refractivity contribution >= 4 is 11.3 Å². The van der Waals surface area contributed by atoms with Crippen molar-refractivity contribution in [1.82, 2.24) is 14.5 Å². The maximum atomic E-state index is 11.9. The third-order valence-electron chi connectivity index (χ3n) is 5.04. The van der Waals surface area contributed by atoms with Crippen molar-refractivity contribution in [1.29, 1.82) is 0 Å². The van der Waals surface area contributed by atoms with E-state index in [0.717, 1.165) is 37.3 Å². The summed E-state index contributed by atoms with van der Waals surface area (Å²) in [6.07, 6.45) is 4.48. The van der Waals surface area contributed by atoms with Gasteiger partial charge in [0.05, 0.1) is 29.6 Å². The van der Waals surface area contributed by atoms with Gasteiger partial charge in [-0.1, -0.05) is 20.8 Å². The van der Waals surface area contributed by atoms with Gasteiger partial charge in [0.25, 0.3) is 0 Å². The number of carbonyl (C=O) groups excluding carboxylic acids is 1. The number of carbonyl (C=O) groups is 1. The summed E-state index contributed by atoms with van der Waals surface area (Å²) >= 11 is 0. The van der Waals surface area contributed by atoms with Gasteiger partial charge in [0.2, 0.25) is 0 Å². The molecule has 6 heteroatoms. The van der Waals surface area contributed by atoms with Gasteiger partial charge in [-0.25, -0.2) is 4.52 Å². The molecule has 6 nitrogen and oxygen atoms in total. The number of ketones is 1. The van der Waals surface area contributed by atoms with Crippen LogP contribution < -0.4 is 4.74 Å². The molecule has 1 N–H and O–H groups in total. The predicted molar refractivity (Wildman–Crippen MR) is 96.2 cm³/mol. The number of aliphatic hydroxyl groups is 1. The lowest BCUT2D eigenvalue weighted by molar-refractivity contribution is -0.0271. The quantitative estimate of drug-likeness (QED) is 0.814. The fraction of sp³-hybridized carbons (Fsp3) is 0.579. The van der Waals surface area contributed by atoms with Gasteiger partial charge in [0.15, 0.2) is 5.78 Å². The molecule has 1 unspecified atom stereocenters. The summed E-state index contributed by atoms with van der Waals surface area (Å²) in [7, 11) is 0. The van der Waals surface area contributed by atoms with Crippen molar-refractivity contribution in [3.63, 3.8) is 0 Å². The Morgan fingerprint density at radius 2 is 2.24 bits per heavy atom. The van der Waals surface area contributed by atoms with Gasteiger partial charge in [-0.2, -0.15) is 5.10 Å². The molecule has 0 radical (unpaired) electrons. The Balaban J connectivity index is 1.58. The minimum Gasteiger partial charge on any atom is -0.491 e. The Morgan fingerprint density at radius 3 is 2.96 bits per heavy atom. The number of hydrogen-bond acceptors (Lipinski definition) is 5. The number of ether oxygens (including phenoxy) is 1. The van der Waals surface area contributed by atoms with Crippen LogP contribution in [0.15, 0.2) is 24.5 Å². The van der Waals surface area contributed by atoms with Gasteiger partial charge in [0, 0.05) is 31.5 Å². The predicted octanol–water partition coefficient (Wildman–Crippen LogP) is 2.40. The van der Waals surface area contributed by atoms with E-state index < -0.39 is 0 Å². The molecule has 1 saturated heterocycles. The zero-order valence-corrected chi connectivity index (χ0v) is 15.2. The molecule has 0 saturated carbocycles. The molecule has 3 rings (SSSR count). The van der Waals surface area contributed by atoms with Crippen LogP contribution in [0, 0.1) is 5.41 Å². The first kappa shape index (κ1) is 17.9. The van der Waals surface area contributed by atoms with Crippen LogP contribution >= 0.6 is 0 Å². The summed E-state index contributed by atoms with van der Waals surface area (Å²) in [6, 6.07) is 3.76. The largest absolute Gasteiger partial charge is 0.491 e. The van der Waals surface area contributed by atoms with Crippen molar-refractivity contribution in [3.05, 3.63) is 30.1 Å². The second-order valence-electron chi connectivity index (χ2n) is 7.45. The monoisotopic (exact) mass is 345 g/mol. The third kappa shape index (κ3) is 3.85. The lowest BCUT2D eigenvalue weighted by atomic mass is 9.81. The molecule has 0 aromatic carbocycles. The van der Waals surface area contributed by atoms with E-state index in [1.165, 1.54) is 0 Å². The van der Waals surface area contributed by atoms with Crippen molar-refractivity contribution in [2.45, 2.75) is 39.7 Å². The molecule has 1 aliphatic rings. The van der Waals surface area contributed by atoms with Crippen LogP contribution in [0.3, 0.4) is 0 Å². The third-order valence-corrected chi connectivity index (χ3v) is 5.04. The van der Waals surface area contributed by atoms with E-state index in [1.54, 1.807) is 10.7 Å². The zero-order valence-electron chi connectivity index (χ0n) is 15.2. The fourth-order valence-corrected chi connectivity index (χ4v) is 3.40. The average molecular weight is 345 g/mol. The topological polar surface area (TPSA) is 67.1 Å². The lowest BCUT2D eigenvalue weighted by Crippen LogP contribution is -2.49. The molecular formula is C19H27N3O3. The normalized spacial score (nSPS) is 20.7. The molecule has 0 amide bonds. The first-order valence-electron chi connectivity index (χ1n) is 8.94. The summed E-state index contributed by atoms with van der Waals surface area (Å²) < 4.78 is 7.55. The van der Waals surface area contributed by atoms with Crippen molar-refractivity contribution in [2.24, 2.45) is 5.41 Å². The number of rotatable bonds is 6. The first-order chi connectivity index (χ1) is 11.9. The summed E-state index contributed by atoms with van der Waals surface area (Å²) in [4.78, 5) is 14.2. The molecule has 1 atom stereocenters. The molecule has 3 heterocycles.